The summed E-state index contributed by atoms with van der Waals surface area (Å²) in [5, 5.41) is 5.58. The summed E-state index contributed by atoms with van der Waals surface area (Å²) in [6.07, 6.45) is 6.53. The first-order valence-electron chi connectivity index (χ1n) is 8.97. The topological polar surface area (TPSA) is 56.3 Å². The summed E-state index contributed by atoms with van der Waals surface area (Å²) in [5.41, 5.74) is 1.28. The van der Waals surface area contributed by atoms with Crippen LogP contribution in [0.1, 0.15) is 43.6 Å². The minimum Gasteiger partial charge on any atom is -0.376 e. The van der Waals surface area contributed by atoms with Gasteiger partial charge in [-0.25, -0.2) is 9.97 Å². The molecule has 5 nitrogen and oxygen atoms in total. The molecule has 2 atom stereocenters. The molecule has 0 aliphatic carbocycles. The summed E-state index contributed by atoms with van der Waals surface area (Å²) in [6, 6.07) is 0. The molecule has 1 N–H and O–H groups in total. The number of fused-ring (bicyclic) bond motifs is 3. The second-order valence-electron chi connectivity index (χ2n) is 7.03. The molecule has 1 saturated heterocycles. The van der Waals surface area contributed by atoms with Crippen LogP contribution in [0.25, 0.3) is 10.2 Å². The molecule has 0 saturated carbocycles. The second-order valence-corrected chi connectivity index (χ2v) is 8.88. The highest BCUT2D eigenvalue weighted by Crippen LogP contribution is 2.42. The molecular weight excluding hydrogens is 354 g/mol. The molecule has 0 amide bonds. The van der Waals surface area contributed by atoms with E-state index in [1.165, 1.54) is 15.8 Å². The average Bonchev–Trinajstić information content (AvgIpc) is 3.26. The van der Waals surface area contributed by atoms with Crippen LogP contribution in [0.5, 0.6) is 0 Å². The zero-order chi connectivity index (χ0) is 17.4. The fraction of sp³-hybridized carbons (Fsp3) is 0.667. The number of hydrogen-bond donors (Lipinski definition) is 1. The van der Waals surface area contributed by atoms with Crippen molar-refractivity contribution in [3.05, 3.63) is 10.4 Å². The summed E-state index contributed by atoms with van der Waals surface area (Å²) < 4.78 is 11.9. The van der Waals surface area contributed by atoms with Gasteiger partial charge in [-0.1, -0.05) is 18.7 Å². The van der Waals surface area contributed by atoms with Gasteiger partial charge in [0, 0.05) is 24.4 Å². The Kier molecular flexibility index (Phi) is 4.92. The van der Waals surface area contributed by atoms with E-state index in [0.717, 1.165) is 54.6 Å². The van der Waals surface area contributed by atoms with Crippen molar-refractivity contribution in [2.75, 3.05) is 24.7 Å². The molecule has 2 aliphatic rings. The number of nitrogens with one attached hydrogen (secondary N) is 1. The van der Waals surface area contributed by atoms with E-state index in [4.69, 9.17) is 19.4 Å². The average molecular weight is 380 g/mol. The fourth-order valence-electron chi connectivity index (χ4n) is 3.51. The number of rotatable bonds is 5. The third-order valence-electron chi connectivity index (χ3n) is 5.27. The summed E-state index contributed by atoms with van der Waals surface area (Å²) >= 11 is 3.34. The van der Waals surface area contributed by atoms with Crippen LogP contribution in [-0.2, 0) is 22.5 Å². The van der Waals surface area contributed by atoms with Gasteiger partial charge < -0.3 is 14.8 Å². The maximum atomic E-state index is 6.12. The van der Waals surface area contributed by atoms with Gasteiger partial charge in [-0.2, -0.15) is 0 Å². The molecule has 2 aromatic heterocycles. The fourth-order valence-corrected chi connectivity index (χ4v) is 5.04. The number of thiophene rings is 1. The standard InChI is InChI=1S/C18H25N3O2S2/c1-4-18(2)8-12-13(10-23-18)25-16-14(12)15(20-17(21-16)24-3)19-9-11-6-5-7-22-11/h11H,4-10H2,1-3H3,(H,19,20,21). The van der Waals surface area contributed by atoms with E-state index in [2.05, 4.69) is 19.2 Å². The van der Waals surface area contributed by atoms with Crippen LogP contribution in [0, 0.1) is 0 Å². The van der Waals surface area contributed by atoms with E-state index in [9.17, 15) is 0 Å². The number of aromatic nitrogens is 2. The molecule has 2 unspecified atom stereocenters. The predicted octanol–water partition coefficient (Wildman–Crippen LogP) is 4.25. The number of anilines is 1. The van der Waals surface area contributed by atoms with Gasteiger partial charge in [0.1, 0.15) is 10.6 Å². The molecule has 7 heteroatoms. The van der Waals surface area contributed by atoms with Crippen molar-refractivity contribution in [3.63, 3.8) is 0 Å². The normalized spacial score (nSPS) is 26.1. The third-order valence-corrected chi connectivity index (χ3v) is 6.91. The van der Waals surface area contributed by atoms with Crippen molar-refractivity contribution >= 4 is 39.1 Å². The Balaban J connectivity index is 1.73. The third kappa shape index (κ3) is 3.39. The molecule has 2 aliphatic heterocycles. The summed E-state index contributed by atoms with van der Waals surface area (Å²) in [5.74, 6) is 0.961. The minimum absolute atomic E-state index is 0.0922. The Hall–Kier alpha value is -0.890. The van der Waals surface area contributed by atoms with Crippen LogP contribution in [0.15, 0.2) is 5.16 Å². The van der Waals surface area contributed by atoms with Gasteiger partial charge in [-0.15, -0.1) is 11.3 Å². The first-order chi connectivity index (χ1) is 12.1. The lowest BCUT2D eigenvalue weighted by Gasteiger charge is -2.33. The van der Waals surface area contributed by atoms with Gasteiger partial charge in [0.25, 0.3) is 0 Å². The lowest BCUT2D eigenvalue weighted by molar-refractivity contribution is -0.0542. The zero-order valence-corrected chi connectivity index (χ0v) is 16.7. The summed E-state index contributed by atoms with van der Waals surface area (Å²) in [6.45, 7) is 6.77. The molecule has 2 aromatic rings. The van der Waals surface area contributed by atoms with E-state index in [1.54, 1.807) is 23.1 Å². The monoisotopic (exact) mass is 379 g/mol. The molecule has 0 spiro atoms. The van der Waals surface area contributed by atoms with Crippen LogP contribution in [0.4, 0.5) is 5.82 Å². The number of nitrogens with zero attached hydrogens (tertiary/aromatic N) is 2. The number of thioether (sulfide) groups is 1. The lowest BCUT2D eigenvalue weighted by atomic mass is 9.90. The van der Waals surface area contributed by atoms with E-state index in [-0.39, 0.29) is 5.60 Å². The van der Waals surface area contributed by atoms with Crippen molar-refractivity contribution in [3.8, 4) is 0 Å². The Morgan fingerprint density at radius 1 is 1.40 bits per heavy atom. The Bertz CT molecular complexity index is 773. The van der Waals surface area contributed by atoms with Gasteiger partial charge in [0.2, 0.25) is 0 Å². The van der Waals surface area contributed by atoms with Gasteiger partial charge in [-0.05, 0) is 38.0 Å². The van der Waals surface area contributed by atoms with Crippen molar-refractivity contribution < 1.29 is 9.47 Å². The van der Waals surface area contributed by atoms with E-state index in [0.29, 0.717) is 12.7 Å². The molecule has 4 rings (SSSR count). The van der Waals surface area contributed by atoms with Gasteiger partial charge in [0.05, 0.1) is 23.7 Å². The van der Waals surface area contributed by atoms with Crippen LogP contribution >= 0.6 is 23.1 Å². The van der Waals surface area contributed by atoms with Crippen LogP contribution in [0.2, 0.25) is 0 Å². The minimum atomic E-state index is -0.0922. The second kappa shape index (κ2) is 7.02. The highest BCUT2D eigenvalue weighted by atomic mass is 32.2. The largest absolute Gasteiger partial charge is 0.376 e. The Labute approximate surface area is 156 Å². The quantitative estimate of drug-likeness (QED) is 0.619. The lowest BCUT2D eigenvalue weighted by Crippen LogP contribution is -2.34. The van der Waals surface area contributed by atoms with Crippen LogP contribution in [-0.4, -0.2) is 41.1 Å². The SMILES string of the molecule is CCC1(C)Cc2c(sc3nc(SC)nc(NCC4CCCO4)c23)CO1. The van der Waals surface area contributed by atoms with Gasteiger partial charge in [-0.3, -0.25) is 0 Å². The first-order valence-corrected chi connectivity index (χ1v) is 11.0. The van der Waals surface area contributed by atoms with E-state index < -0.39 is 0 Å². The van der Waals surface area contributed by atoms with Gasteiger partial charge >= 0.3 is 0 Å². The maximum absolute atomic E-state index is 6.12. The van der Waals surface area contributed by atoms with Gasteiger partial charge in [0.15, 0.2) is 5.16 Å². The Morgan fingerprint density at radius 3 is 3.00 bits per heavy atom. The molecular formula is C18H25N3O2S2. The highest BCUT2D eigenvalue weighted by Gasteiger charge is 2.33. The first kappa shape index (κ1) is 17.5. The van der Waals surface area contributed by atoms with Crippen LogP contribution in [0.3, 0.4) is 0 Å². The molecule has 0 radical (unpaired) electrons. The van der Waals surface area contributed by atoms with Crippen molar-refractivity contribution in [1.29, 1.82) is 0 Å². The summed E-state index contributed by atoms with van der Waals surface area (Å²) in [4.78, 5) is 11.9. The number of ether oxygens (including phenoxy) is 2. The van der Waals surface area contributed by atoms with Crippen molar-refractivity contribution in [2.45, 2.75) is 63.0 Å². The molecule has 25 heavy (non-hydrogen) atoms. The van der Waals surface area contributed by atoms with E-state index in [1.807, 2.05) is 6.26 Å². The summed E-state index contributed by atoms with van der Waals surface area (Å²) in [7, 11) is 0. The molecule has 136 valence electrons. The molecule has 0 aromatic carbocycles. The zero-order valence-electron chi connectivity index (χ0n) is 15.1. The smallest absolute Gasteiger partial charge is 0.190 e. The van der Waals surface area contributed by atoms with Crippen LogP contribution < -0.4 is 5.32 Å². The van der Waals surface area contributed by atoms with Crippen molar-refractivity contribution in [1.82, 2.24) is 9.97 Å². The predicted molar refractivity (Wildman–Crippen MR) is 104 cm³/mol. The Morgan fingerprint density at radius 2 is 2.28 bits per heavy atom. The van der Waals surface area contributed by atoms with Crippen molar-refractivity contribution in [2.24, 2.45) is 0 Å². The molecule has 1 fully saturated rings. The van der Waals surface area contributed by atoms with E-state index >= 15 is 0 Å². The maximum Gasteiger partial charge on any atom is 0.190 e. The highest BCUT2D eigenvalue weighted by molar-refractivity contribution is 7.98. The molecule has 0 bridgehead atoms. The number of hydrogen-bond acceptors (Lipinski definition) is 7. The molecule has 4 heterocycles.